The molecule has 0 radical (unpaired) electrons. The molecule has 0 aliphatic rings. The number of nitro groups is 1. The van der Waals surface area contributed by atoms with Crippen molar-refractivity contribution in [3.05, 3.63) is 34.1 Å². The Kier molecular flexibility index (Phi) is 4.45. The van der Waals surface area contributed by atoms with Crippen LogP contribution in [-0.4, -0.2) is 21.2 Å². The monoisotopic (exact) mass is 259 g/mol. The molecule has 1 N–H and O–H groups in total. The predicted octanol–water partition coefficient (Wildman–Crippen LogP) is 2.69. The van der Waals surface area contributed by atoms with Gasteiger partial charge in [0.2, 0.25) is 0 Å². The number of rotatable bonds is 5. The number of nitrogens with zero attached hydrogens (tertiary/aromatic N) is 1. The summed E-state index contributed by atoms with van der Waals surface area (Å²) >= 11 is 1.05. The van der Waals surface area contributed by atoms with Gasteiger partial charge >= 0.3 is 5.97 Å². The maximum absolute atomic E-state index is 12.8. The molecule has 0 saturated heterocycles. The van der Waals surface area contributed by atoms with Crippen molar-refractivity contribution in [2.24, 2.45) is 0 Å². The van der Waals surface area contributed by atoms with Crippen molar-refractivity contribution in [2.45, 2.75) is 23.5 Å². The Bertz CT molecular complexity index is 452. The van der Waals surface area contributed by atoms with Gasteiger partial charge in [0.05, 0.1) is 22.3 Å². The van der Waals surface area contributed by atoms with Gasteiger partial charge < -0.3 is 5.11 Å². The molecule has 1 atom stereocenters. The lowest BCUT2D eigenvalue weighted by atomic mass is 10.3. The minimum Gasteiger partial charge on any atom is -0.481 e. The summed E-state index contributed by atoms with van der Waals surface area (Å²) in [6, 6.07) is 3.23. The highest BCUT2D eigenvalue weighted by Crippen LogP contribution is 2.33. The minimum absolute atomic E-state index is 0.112. The second kappa shape index (κ2) is 5.62. The first-order chi connectivity index (χ1) is 7.90. The van der Waals surface area contributed by atoms with Crippen molar-refractivity contribution in [3.63, 3.8) is 0 Å². The maximum Gasteiger partial charge on any atom is 0.304 e. The van der Waals surface area contributed by atoms with Crippen LogP contribution < -0.4 is 0 Å². The standard InChI is InChI=1S/C10H10FNO4S/c1-6(4-10(13)14)17-9-3-2-7(11)5-8(9)12(15)16/h2-3,5-6H,4H2,1H3,(H,13,14). The predicted molar refractivity (Wildman–Crippen MR) is 60.6 cm³/mol. The molecule has 0 aliphatic heterocycles. The number of hydrogen-bond acceptors (Lipinski definition) is 4. The van der Waals surface area contributed by atoms with E-state index in [1.807, 2.05) is 0 Å². The second-order valence-corrected chi connectivity index (χ2v) is 4.88. The molecule has 0 heterocycles. The molecular formula is C10H10FNO4S. The van der Waals surface area contributed by atoms with Crippen molar-refractivity contribution < 1.29 is 19.2 Å². The number of nitro benzene ring substituents is 1. The number of carbonyl (C=O) groups is 1. The van der Waals surface area contributed by atoms with E-state index in [0.717, 1.165) is 23.9 Å². The van der Waals surface area contributed by atoms with E-state index in [2.05, 4.69) is 0 Å². The van der Waals surface area contributed by atoms with Crippen LogP contribution in [0.15, 0.2) is 23.1 Å². The molecule has 0 bridgehead atoms. The van der Waals surface area contributed by atoms with E-state index in [0.29, 0.717) is 0 Å². The highest BCUT2D eigenvalue weighted by molar-refractivity contribution is 8.00. The minimum atomic E-state index is -0.977. The molecular weight excluding hydrogens is 249 g/mol. The van der Waals surface area contributed by atoms with Crippen molar-refractivity contribution in [2.75, 3.05) is 0 Å². The van der Waals surface area contributed by atoms with Crippen LogP contribution in [0.4, 0.5) is 10.1 Å². The summed E-state index contributed by atoms with van der Waals surface area (Å²) in [6.45, 7) is 1.64. The van der Waals surface area contributed by atoms with Crippen LogP contribution in [0.5, 0.6) is 0 Å². The Morgan fingerprint density at radius 2 is 2.29 bits per heavy atom. The van der Waals surface area contributed by atoms with Crippen molar-refractivity contribution in [1.29, 1.82) is 0 Å². The van der Waals surface area contributed by atoms with Crippen molar-refractivity contribution in [1.82, 2.24) is 0 Å². The fraction of sp³-hybridized carbons (Fsp3) is 0.300. The molecule has 0 amide bonds. The Morgan fingerprint density at radius 3 is 2.82 bits per heavy atom. The summed E-state index contributed by atoms with van der Waals surface area (Å²) < 4.78 is 12.8. The Hall–Kier alpha value is -1.63. The number of halogens is 1. The Labute approximate surface area is 101 Å². The normalized spacial score (nSPS) is 12.1. The van der Waals surface area contributed by atoms with E-state index in [4.69, 9.17) is 5.11 Å². The number of aliphatic carboxylic acids is 1. The number of hydrogen-bond donors (Lipinski definition) is 1. The third kappa shape index (κ3) is 4.03. The number of carboxylic acid groups (broad SMARTS) is 1. The highest BCUT2D eigenvalue weighted by Gasteiger charge is 2.18. The first-order valence-electron chi connectivity index (χ1n) is 4.72. The quantitative estimate of drug-likeness (QED) is 0.499. The SMILES string of the molecule is CC(CC(=O)O)Sc1ccc(F)cc1[N+](=O)[O-]. The molecule has 0 fully saturated rings. The van der Waals surface area contributed by atoms with Crippen molar-refractivity contribution >= 4 is 23.4 Å². The van der Waals surface area contributed by atoms with Gasteiger partial charge in [-0.25, -0.2) is 4.39 Å². The van der Waals surface area contributed by atoms with E-state index in [-0.39, 0.29) is 22.3 Å². The van der Waals surface area contributed by atoms with Crippen LogP contribution in [0.1, 0.15) is 13.3 Å². The third-order valence-electron chi connectivity index (χ3n) is 1.91. The van der Waals surface area contributed by atoms with Crippen LogP contribution in [0.2, 0.25) is 0 Å². The van der Waals surface area contributed by atoms with Gasteiger partial charge in [0.1, 0.15) is 5.82 Å². The summed E-state index contributed by atoms with van der Waals surface area (Å²) in [7, 11) is 0. The van der Waals surface area contributed by atoms with E-state index in [1.54, 1.807) is 6.92 Å². The average molecular weight is 259 g/mol. The van der Waals surface area contributed by atoms with E-state index in [9.17, 15) is 19.3 Å². The first-order valence-corrected chi connectivity index (χ1v) is 5.60. The molecule has 17 heavy (non-hydrogen) atoms. The lowest BCUT2D eigenvalue weighted by Crippen LogP contribution is -2.06. The number of thioether (sulfide) groups is 1. The average Bonchev–Trinajstić information content (AvgIpc) is 2.19. The van der Waals surface area contributed by atoms with E-state index in [1.165, 1.54) is 6.07 Å². The molecule has 5 nitrogen and oxygen atoms in total. The van der Waals surface area contributed by atoms with Crippen LogP contribution in [0.25, 0.3) is 0 Å². The Balaban J connectivity index is 2.90. The maximum atomic E-state index is 12.8. The van der Waals surface area contributed by atoms with Crippen LogP contribution >= 0.6 is 11.8 Å². The molecule has 92 valence electrons. The molecule has 1 unspecified atom stereocenters. The zero-order valence-corrected chi connectivity index (χ0v) is 9.74. The summed E-state index contributed by atoms with van der Waals surface area (Å²) in [5.74, 6) is -1.67. The van der Waals surface area contributed by atoms with Crippen LogP contribution in [0.3, 0.4) is 0 Å². The lowest BCUT2D eigenvalue weighted by Gasteiger charge is -2.08. The molecule has 0 saturated carbocycles. The van der Waals surface area contributed by atoms with E-state index < -0.39 is 16.7 Å². The summed E-state index contributed by atoms with van der Waals surface area (Å²) in [4.78, 5) is 20.7. The van der Waals surface area contributed by atoms with Gasteiger partial charge in [0, 0.05) is 5.25 Å². The van der Waals surface area contributed by atoms with Gasteiger partial charge in [0.15, 0.2) is 0 Å². The lowest BCUT2D eigenvalue weighted by molar-refractivity contribution is -0.387. The summed E-state index contributed by atoms with van der Waals surface area (Å²) in [5.41, 5.74) is -0.341. The van der Waals surface area contributed by atoms with Gasteiger partial charge in [-0.1, -0.05) is 6.92 Å². The third-order valence-corrected chi connectivity index (χ3v) is 3.08. The van der Waals surface area contributed by atoms with Crippen molar-refractivity contribution in [3.8, 4) is 0 Å². The molecule has 0 spiro atoms. The fourth-order valence-electron chi connectivity index (χ4n) is 1.24. The van der Waals surface area contributed by atoms with Gasteiger partial charge in [-0.05, 0) is 12.1 Å². The van der Waals surface area contributed by atoms with Gasteiger partial charge in [0.25, 0.3) is 5.69 Å². The molecule has 0 aromatic heterocycles. The largest absolute Gasteiger partial charge is 0.481 e. The van der Waals surface area contributed by atoms with Crippen LogP contribution in [-0.2, 0) is 4.79 Å². The number of benzene rings is 1. The zero-order valence-electron chi connectivity index (χ0n) is 8.92. The summed E-state index contributed by atoms with van der Waals surface area (Å²) in [6.07, 6.45) is -0.112. The number of carboxylic acids is 1. The van der Waals surface area contributed by atoms with Gasteiger partial charge in [-0.3, -0.25) is 14.9 Å². The topological polar surface area (TPSA) is 80.4 Å². The second-order valence-electron chi connectivity index (χ2n) is 3.40. The molecule has 1 aromatic carbocycles. The molecule has 7 heteroatoms. The summed E-state index contributed by atoms with van der Waals surface area (Å²) in [5, 5.41) is 18.9. The van der Waals surface area contributed by atoms with Crippen LogP contribution in [0, 0.1) is 15.9 Å². The van der Waals surface area contributed by atoms with Gasteiger partial charge in [-0.15, -0.1) is 11.8 Å². The molecule has 1 aromatic rings. The van der Waals surface area contributed by atoms with E-state index >= 15 is 0 Å². The first kappa shape index (κ1) is 13.4. The smallest absolute Gasteiger partial charge is 0.304 e. The Morgan fingerprint density at radius 1 is 1.65 bits per heavy atom. The fourth-order valence-corrected chi connectivity index (χ4v) is 2.30. The molecule has 0 aliphatic carbocycles. The highest BCUT2D eigenvalue weighted by atomic mass is 32.2. The molecule has 1 rings (SSSR count). The zero-order chi connectivity index (χ0) is 13.0. The van der Waals surface area contributed by atoms with Gasteiger partial charge in [-0.2, -0.15) is 0 Å².